The van der Waals surface area contributed by atoms with Gasteiger partial charge in [0.1, 0.15) is 11.6 Å². The van der Waals surface area contributed by atoms with Gasteiger partial charge in [-0.1, -0.05) is 6.92 Å². The van der Waals surface area contributed by atoms with Crippen LogP contribution >= 0.6 is 0 Å². The summed E-state index contributed by atoms with van der Waals surface area (Å²) in [5, 5.41) is 0. The van der Waals surface area contributed by atoms with Crippen LogP contribution in [0.2, 0.25) is 0 Å². The smallest absolute Gasteiger partial charge is 0.328 e. The molecule has 1 saturated heterocycles. The van der Waals surface area contributed by atoms with Crippen molar-refractivity contribution in [1.82, 2.24) is 4.90 Å². The molecule has 1 rings (SSSR count). The van der Waals surface area contributed by atoms with Gasteiger partial charge in [0.15, 0.2) is 0 Å². The van der Waals surface area contributed by atoms with Crippen molar-refractivity contribution in [1.29, 1.82) is 0 Å². The van der Waals surface area contributed by atoms with Gasteiger partial charge in [-0.2, -0.15) is 0 Å². The third kappa shape index (κ3) is 2.83. The van der Waals surface area contributed by atoms with Crippen LogP contribution in [0.3, 0.4) is 0 Å². The summed E-state index contributed by atoms with van der Waals surface area (Å²) in [5.74, 6) is -0.458. The zero-order valence-electron chi connectivity index (χ0n) is 11.7. The van der Waals surface area contributed by atoms with Gasteiger partial charge in [-0.15, -0.1) is 0 Å². The molecule has 1 heterocycles. The van der Waals surface area contributed by atoms with Crippen molar-refractivity contribution in [2.24, 2.45) is 0 Å². The monoisotopic (exact) mass is 257 g/mol. The van der Waals surface area contributed by atoms with E-state index in [0.29, 0.717) is 19.4 Å². The molecule has 0 aromatic carbocycles. The van der Waals surface area contributed by atoms with Crippen LogP contribution in [0.5, 0.6) is 0 Å². The second kappa shape index (κ2) is 6.18. The molecule has 0 aliphatic carbocycles. The summed E-state index contributed by atoms with van der Waals surface area (Å²) in [6.07, 6.45) is 3.11. The Morgan fingerprint density at radius 2 is 2.00 bits per heavy atom. The third-order valence-corrected chi connectivity index (χ3v) is 3.81. The Bertz CT molecular complexity index is 312. The summed E-state index contributed by atoms with van der Waals surface area (Å²) in [5.41, 5.74) is -0.858. The van der Waals surface area contributed by atoms with Gasteiger partial charge in [-0.3, -0.25) is 4.79 Å². The maximum absolute atomic E-state index is 12.5. The lowest BCUT2D eigenvalue weighted by Crippen LogP contribution is -2.56. The molecule has 1 fully saturated rings. The minimum atomic E-state index is -0.858. The van der Waals surface area contributed by atoms with Gasteiger partial charge in [0.2, 0.25) is 0 Å². The molecule has 104 valence electrons. The number of nitrogens with zero attached hydrogens (tertiary/aromatic N) is 1. The van der Waals surface area contributed by atoms with Crippen LogP contribution in [0, 0.1) is 0 Å². The Hall–Kier alpha value is -1.10. The number of esters is 1. The van der Waals surface area contributed by atoms with E-state index in [2.05, 4.69) is 0 Å². The molecular formula is C13H23NO4. The number of rotatable bonds is 4. The molecule has 0 radical (unpaired) electrons. The zero-order valence-corrected chi connectivity index (χ0v) is 11.7. The topological polar surface area (TPSA) is 55.8 Å². The van der Waals surface area contributed by atoms with Gasteiger partial charge in [-0.05, 0) is 32.6 Å². The number of ether oxygens (including phenoxy) is 2. The van der Waals surface area contributed by atoms with Gasteiger partial charge in [0.05, 0.1) is 7.11 Å². The molecule has 0 spiro atoms. The maximum Gasteiger partial charge on any atom is 0.328 e. The lowest BCUT2D eigenvalue weighted by molar-refractivity contribution is -0.165. The van der Waals surface area contributed by atoms with Crippen LogP contribution in [0.4, 0.5) is 0 Å². The predicted octanol–water partition coefficient (Wildman–Crippen LogP) is 1.36. The van der Waals surface area contributed by atoms with E-state index in [1.54, 1.807) is 11.8 Å². The Morgan fingerprint density at radius 1 is 1.33 bits per heavy atom. The van der Waals surface area contributed by atoms with Crippen molar-refractivity contribution in [2.75, 3.05) is 20.8 Å². The molecule has 0 bridgehead atoms. The van der Waals surface area contributed by atoms with Crippen LogP contribution in [-0.2, 0) is 19.1 Å². The summed E-state index contributed by atoms with van der Waals surface area (Å²) < 4.78 is 10.1. The number of methoxy groups -OCH3 is 2. The molecule has 0 aromatic heterocycles. The van der Waals surface area contributed by atoms with Crippen molar-refractivity contribution >= 4 is 11.9 Å². The molecule has 1 aliphatic heterocycles. The first-order valence-electron chi connectivity index (χ1n) is 6.44. The van der Waals surface area contributed by atoms with Crippen molar-refractivity contribution < 1.29 is 19.1 Å². The van der Waals surface area contributed by atoms with E-state index in [1.165, 1.54) is 14.2 Å². The average Bonchev–Trinajstić information content (AvgIpc) is 2.44. The van der Waals surface area contributed by atoms with Gasteiger partial charge in [-0.25, -0.2) is 4.79 Å². The largest absolute Gasteiger partial charge is 0.467 e. The molecule has 5 nitrogen and oxygen atoms in total. The second-order valence-electron chi connectivity index (χ2n) is 4.82. The number of hydrogen-bond acceptors (Lipinski definition) is 4. The van der Waals surface area contributed by atoms with Crippen molar-refractivity contribution in [2.45, 2.75) is 51.2 Å². The highest BCUT2D eigenvalue weighted by Gasteiger charge is 2.41. The number of hydrogen-bond donors (Lipinski definition) is 0. The highest BCUT2D eigenvalue weighted by molar-refractivity contribution is 5.89. The highest BCUT2D eigenvalue weighted by atomic mass is 16.5. The van der Waals surface area contributed by atoms with Crippen molar-refractivity contribution in [3.05, 3.63) is 0 Å². The number of amides is 1. The molecule has 5 heteroatoms. The van der Waals surface area contributed by atoms with Crippen molar-refractivity contribution in [3.8, 4) is 0 Å². The maximum atomic E-state index is 12.5. The van der Waals surface area contributed by atoms with E-state index >= 15 is 0 Å². The Balaban J connectivity index is 2.90. The fraction of sp³-hybridized carbons (Fsp3) is 0.846. The SMILES string of the molecule is CCC(C)(OC)C(=O)N1CCCC[C@@H]1C(=O)OC. The predicted molar refractivity (Wildman–Crippen MR) is 67.1 cm³/mol. The molecule has 0 saturated carbocycles. The summed E-state index contributed by atoms with van der Waals surface area (Å²) in [4.78, 5) is 25.8. The number of likely N-dealkylation sites (tertiary alicyclic amines) is 1. The van der Waals surface area contributed by atoms with E-state index in [9.17, 15) is 9.59 Å². The minimum absolute atomic E-state index is 0.123. The van der Waals surface area contributed by atoms with Crippen molar-refractivity contribution in [3.63, 3.8) is 0 Å². The van der Waals surface area contributed by atoms with Gasteiger partial charge >= 0.3 is 5.97 Å². The third-order valence-electron chi connectivity index (χ3n) is 3.81. The average molecular weight is 257 g/mol. The highest BCUT2D eigenvalue weighted by Crippen LogP contribution is 2.25. The molecule has 1 aliphatic rings. The van der Waals surface area contributed by atoms with Gasteiger partial charge in [0, 0.05) is 13.7 Å². The van der Waals surface area contributed by atoms with Crippen LogP contribution in [0.1, 0.15) is 39.5 Å². The molecule has 18 heavy (non-hydrogen) atoms. The van der Waals surface area contributed by atoms with E-state index < -0.39 is 11.6 Å². The molecule has 0 aromatic rings. The summed E-state index contributed by atoms with van der Waals surface area (Å²) in [7, 11) is 2.88. The first kappa shape index (κ1) is 15.0. The standard InChI is InChI=1S/C13H23NO4/c1-5-13(2,18-4)12(16)14-9-7-6-8-10(14)11(15)17-3/h10H,5-9H2,1-4H3/t10-,13?/m1/s1. The number of piperidine rings is 1. The Morgan fingerprint density at radius 3 is 2.50 bits per heavy atom. The Kier molecular flexibility index (Phi) is 5.14. The Labute approximate surface area is 108 Å². The minimum Gasteiger partial charge on any atom is -0.467 e. The second-order valence-corrected chi connectivity index (χ2v) is 4.82. The summed E-state index contributed by atoms with van der Waals surface area (Å²) in [6, 6.07) is -0.461. The normalized spacial score (nSPS) is 23.3. The van der Waals surface area contributed by atoms with E-state index in [4.69, 9.17) is 9.47 Å². The van der Waals surface area contributed by atoms with Gasteiger partial charge in [0.25, 0.3) is 5.91 Å². The fourth-order valence-electron chi connectivity index (χ4n) is 2.24. The lowest BCUT2D eigenvalue weighted by Gasteiger charge is -2.39. The van der Waals surface area contributed by atoms with E-state index in [1.807, 2.05) is 6.92 Å². The first-order chi connectivity index (χ1) is 8.50. The van der Waals surface area contributed by atoms with Crippen LogP contribution in [0.15, 0.2) is 0 Å². The summed E-state index contributed by atoms with van der Waals surface area (Å²) >= 11 is 0. The van der Waals surface area contributed by atoms with Crippen LogP contribution < -0.4 is 0 Å². The molecule has 2 atom stereocenters. The molecule has 0 N–H and O–H groups in total. The van der Waals surface area contributed by atoms with Crippen LogP contribution in [0.25, 0.3) is 0 Å². The zero-order chi connectivity index (χ0) is 13.8. The summed E-state index contributed by atoms with van der Waals surface area (Å²) in [6.45, 7) is 4.26. The number of carbonyl (C=O) groups excluding carboxylic acids is 2. The fourth-order valence-corrected chi connectivity index (χ4v) is 2.24. The van der Waals surface area contributed by atoms with E-state index in [-0.39, 0.29) is 11.9 Å². The molecular weight excluding hydrogens is 234 g/mol. The first-order valence-corrected chi connectivity index (χ1v) is 6.44. The van der Waals surface area contributed by atoms with Crippen LogP contribution in [-0.4, -0.2) is 49.2 Å². The quantitative estimate of drug-likeness (QED) is 0.713. The molecule has 1 amide bonds. The number of carbonyl (C=O) groups is 2. The lowest BCUT2D eigenvalue weighted by atomic mass is 9.96. The molecule has 1 unspecified atom stereocenters. The van der Waals surface area contributed by atoms with Gasteiger partial charge < -0.3 is 14.4 Å². The van der Waals surface area contributed by atoms with E-state index in [0.717, 1.165) is 12.8 Å².